The highest BCUT2D eigenvalue weighted by atomic mass is 127. The molecule has 0 atom stereocenters. The second kappa shape index (κ2) is 11.3. The maximum Gasteiger partial charge on any atom is 0.213 e. The predicted molar refractivity (Wildman–Crippen MR) is 121 cm³/mol. The molecule has 1 saturated heterocycles. The van der Waals surface area contributed by atoms with Crippen molar-refractivity contribution < 1.29 is 13.2 Å². The van der Waals surface area contributed by atoms with Crippen LogP contribution < -0.4 is 15.4 Å². The van der Waals surface area contributed by atoms with Gasteiger partial charge < -0.3 is 15.4 Å². The summed E-state index contributed by atoms with van der Waals surface area (Å²) in [5, 5.41) is 7.26. The van der Waals surface area contributed by atoms with E-state index in [9.17, 15) is 8.42 Å². The van der Waals surface area contributed by atoms with Gasteiger partial charge in [0.1, 0.15) is 5.75 Å². The van der Waals surface area contributed by atoms with E-state index in [0.29, 0.717) is 30.6 Å². The molecule has 0 aliphatic carbocycles. The molecule has 0 bridgehead atoms. The first-order valence-electron chi connectivity index (χ1n) is 8.67. The van der Waals surface area contributed by atoms with Gasteiger partial charge in [-0.15, -0.1) is 24.0 Å². The SMILES string of the molecule is CCS(=O)(=O)N1CCC(NC(=NC)NCc2ccc(Cl)cc2OC)CC1.I. The van der Waals surface area contributed by atoms with Crippen molar-refractivity contribution in [1.82, 2.24) is 14.9 Å². The molecule has 0 aromatic heterocycles. The molecule has 154 valence electrons. The zero-order valence-electron chi connectivity index (χ0n) is 15.9. The van der Waals surface area contributed by atoms with E-state index in [4.69, 9.17) is 16.3 Å². The Balaban J connectivity index is 0.00000364. The summed E-state index contributed by atoms with van der Waals surface area (Å²) in [7, 11) is 0.224. The lowest BCUT2D eigenvalue weighted by atomic mass is 10.1. The lowest BCUT2D eigenvalue weighted by molar-refractivity contribution is 0.306. The van der Waals surface area contributed by atoms with E-state index in [1.165, 1.54) is 0 Å². The molecule has 2 N–H and O–H groups in total. The van der Waals surface area contributed by atoms with Gasteiger partial charge in [0.15, 0.2) is 5.96 Å². The van der Waals surface area contributed by atoms with E-state index >= 15 is 0 Å². The van der Waals surface area contributed by atoms with Gasteiger partial charge in [-0.05, 0) is 31.9 Å². The maximum absolute atomic E-state index is 11.9. The fraction of sp³-hybridized carbons (Fsp3) is 0.588. The lowest BCUT2D eigenvalue weighted by Crippen LogP contribution is -2.49. The van der Waals surface area contributed by atoms with Crippen molar-refractivity contribution in [2.24, 2.45) is 4.99 Å². The molecule has 0 saturated carbocycles. The minimum atomic E-state index is -3.10. The molecule has 1 heterocycles. The third-order valence-electron chi connectivity index (χ3n) is 4.47. The summed E-state index contributed by atoms with van der Waals surface area (Å²) in [5.74, 6) is 1.55. The molecule has 1 aliphatic heterocycles. The van der Waals surface area contributed by atoms with Crippen molar-refractivity contribution in [3.8, 4) is 5.75 Å². The summed E-state index contributed by atoms with van der Waals surface area (Å²) in [6.45, 7) is 3.30. The lowest BCUT2D eigenvalue weighted by Gasteiger charge is -2.32. The van der Waals surface area contributed by atoms with E-state index in [1.807, 2.05) is 12.1 Å². The van der Waals surface area contributed by atoms with Crippen molar-refractivity contribution in [2.75, 3.05) is 33.0 Å². The molecular formula is C17H28ClIN4O3S. The van der Waals surface area contributed by atoms with E-state index in [-0.39, 0.29) is 35.8 Å². The number of methoxy groups -OCH3 is 1. The third-order valence-corrected chi connectivity index (χ3v) is 6.59. The van der Waals surface area contributed by atoms with Crippen LogP contribution in [0.3, 0.4) is 0 Å². The van der Waals surface area contributed by atoms with E-state index in [2.05, 4.69) is 15.6 Å². The van der Waals surface area contributed by atoms with Gasteiger partial charge in [-0.1, -0.05) is 17.7 Å². The number of sulfonamides is 1. The number of nitrogens with one attached hydrogen (secondary N) is 2. The second-order valence-corrected chi connectivity index (χ2v) is 8.79. The number of rotatable bonds is 6. The van der Waals surface area contributed by atoms with Crippen molar-refractivity contribution >= 4 is 51.6 Å². The van der Waals surface area contributed by atoms with Crippen LogP contribution in [0.2, 0.25) is 5.02 Å². The summed E-state index contributed by atoms with van der Waals surface area (Å²) in [4.78, 5) is 4.25. The zero-order chi connectivity index (χ0) is 19.2. The van der Waals surface area contributed by atoms with Gasteiger partial charge in [0.25, 0.3) is 0 Å². The molecule has 0 amide bonds. The fourth-order valence-corrected chi connectivity index (χ4v) is 4.19. The van der Waals surface area contributed by atoms with Crippen LogP contribution >= 0.6 is 35.6 Å². The molecule has 7 nitrogen and oxygen atoms in total. The molecular weight excluding hydrogens is 503 g/mol. The normalized spacial score (nSPS) is 16.5. The van der Waals surface area contributed by atoms with Crippen molar-refractivity contribution in [2.45, 2.75) is 32.4 Å². The van der Waals surface area contributed by atoms with Crippen molar-refractivity contribution in [3.63, 3.8) is 0 Å². The number of piperidine rings is 1. The van der Waals surface area contributed by atoms with Gasteiger partial charge >= 0.3 is 0 Å². The van der Waals surface area contributed by atoms with Crippen LogP contribution in [0.4, 0.5) is 0 Å². The number of nitrogens with zero attached hydrogens (tertiary/aromatic N) is 2. The largest absolute Gasteiger partial charge is 0.496 e. The average molecular weight is 531 g/mol. The number of guanidine groups is 1. The Morgan fingerprint density at radius 3 is 2.59 bits per heavy atom. The standard InChI is InChI=1S/C17H27ClN4O3S.HI/c1-4-26(23,24)22-9-7-15(8-10-22)21-17(19-2)20-12-13-5-6-14(18)11-16(13)25-3;/h5-6,11,15H,4,7-10,12H2,1-3H3,(H2,19,20,21);1H. The van der Waals surface area contributed by atoms with Crippen molar-refractivity contribution in [3.05, 3.63) is 28.8 Å². The highest BCUT2D eigenvalue weighted by Crippen LogP contribution is 2.23. The van der Waals surface area contributed by atoms with Gasteiger partial charge in [-0.2, -0.15) is 0 Å². The number of ether oxygens (including phenoxy) is 1. The number of aliphatic imine (C=N–C) groups is 1. The first-order chi connectivity index (χ1) is 12.4. The maximum atomic E-state index is 11.9. The molecule has 0 spiro atoms. The van der Waals surface area contributed by atoms with Crippen molar-refractivity contribution in [1.29, 1.82) is 0 Å². The molecule has 0 radical (unpaired) electrons. The quantitative estimate of drug-likeness (QED) is 0.335. The van der Waals surface area contributed by atoms with Crippen LogP contribution in [0.25, 0.3) is 0 Å². The number of hydrogen-bond acceptors (Lipinski definition) is 4. The Kier molecular flexibility index (Phi) is 10.1. The fourth-order valence-electron chi connectivity index (χ4n) is 2.89. The molecule has 2 rings (SSSR count). The van der Waals surface area contributed by atoms with E-state index in [0.717, 1.165) is 24.2 Å². The van der Waals surface area contributed by atoms with Gasteiger partial charge in [0.05, 0.1) is 12.9 Å². The summed E-state index contributed by atoms with van der Waals surface area (Å²) >= 11 is 5.99. The molecule has 1 aromatic rings. The molecule has 1 aromatic carbocycles. The van der Waals surface area contributed by atoms with E-state index < -0.39 is 10.0 Å². The highest BCUT2D eigenvalue weighted by molar-refractivity contribution is 14.0. The second-order valence-electron chi connectivity index (χ2n) is 6.10. The Bertz CT molecular complexity index is 738. The van der Waals surface area contributed by atoms with Gasteiger partial charge in [-0.25, -0.2) is 12.7 Å². The summed E-state index contributed by atoms with van der Waals surface area (Å²) < 4.78 is 30.8. The smallest absolute Gasteiger partial charge is 0.213 e. The first kappa shape index (κ1) is 24.3. The average Bonchev–Trinajstić information content (AvgIpc) is 2.66. The summed E-state index contributed by atoms with van der Waals surface area (Å²) in [5.41, 5.74) is 0.976. The monoisotopic (exact) mass is 530 g/mol. The molecule has 27 heavy (non-hydrogen) atoms. The minimum Gasteiger partial charge on any atom is -0.496 e. The number of benzene rings is 1. The zero-order valence-corrected chi connectivity index (χ0v) is 19.8. The number of halogens is 2. The predicted octanol–water partition coefficient (Wildman–Crippen LogP) is 2.45. The van der Waals surface area contributed by atoms with Gasteiger partial charge in [0, 0.05) is 43.3 Å². The molecule has 1 aliphatic rings. The summed E-state index contributed by atoms with van der Waals surface area (Å²) in [6.07, 6.45) is 1.51. The van der Waals surface area contributed by atoms with Crippen LogP contribution in [-0.4, -0.2) is 57.7 Å². The Morgan fingerprint density at radius 2 is 2.04 bits per heavy atom. The summed E-state index contributed by atoms with van der Waals surface area (Å²) in [6, 6.07) is 5.70. The minimum absolute atomic E-state index is 0. The van der Waals surface area contributed by atoms with Crippen LogP contribution in [0, 0.1) is 0 Å². The molecule has 10 heteroatoms. The molecule has 1 fully saturated rings. The van der Waals surface area contributed by atoms with E-state index in [1.54, 1.807) is 31.5 Å². The van der Waals surface area contributed by atoms with Gasteiger partial charge in [-0.3, -0.25) is 4.99 Å². The Morgan fingerprint density at radius 1 is 1.37 bits per heavy atom. The molecule has 0 unspecified atom stereocenters. The van der Waals surface area contributed by atoms with Crippen LogP contribution in [-0.2, 0) is 16.6 Å². The van der Waals surface area contributed by atoms with Gasteiger partial charge in [0.2, 0.25) is 10.0 Å². The Hall–Kier alpha value is -0.780. The highest BCUT2D eigenvalue weighted by Gasteiger charge is 2.27. The van der Waals surface area contributed by atoms with Crippen LogP contribution in [0.15, 0.2) is 23.2 Å². The topological polar surface area (TPSA) is 83.0 Å². The first-order valence-corrected chi connectivity index (χ1v) is 10.7. The Labute approximate surface area is 184 Å². The van der Waals surface area contributed by atoms with Crippen LogP contribution in [0.1, 0.15) is 25.3 Å². The number of hydrogen-bond donors (Lipinski definition) is 2. The third kappa shape index (κ3) is 6.95. The van der Waals surface area contributed by atoms with Crippen LogP contribution in [0.5, 0.6) is 5.75 Å².